The predicted octanol–water partition coefficient (Wildman–Crippen LogP) is 2.09. The number of para-hydroxylation sites is 1. The van der Waals surface area contributed by atoms with Gasteiger partial charge < -0.3 is 20.3 Å². The van der Waals surface area contributed by atoms with Crippen molar-refractivity contribution in [3.8, 4) is 0 Å². The molecule has 0 bridgehead atoms. The van der Waals surface area contributed by atoms with Crippen molar-refractivity contribution in [2.75, 3.05) is 37.4 Å². The Bertz CT molecular complexity index is 645. The molecule has 0 aliphatic carbocycles. The highest BCUT2D eigenvalue weighted by Gasteiger charge is 2.24. The Morgan fingerprint density at radius 1 is 1.22 bits per heavy atom. The van der Waals surface area contributed by atoms with Crippen LogP contribution in [0.15, 0.2) is 48.7 Å². The smallest absolute Gasteiger partial charge is 0.254 e. The van der Waals surface area contributed by atoms with E-state index in [9.17, 15) is 4.79 Å². The molecule has 1 aliphatic rings. The van der Waals surface area contributed by atoms with Crippen LogP contribution >= 0.6 is 0 Å². The number of hydrogen-bond donors (Lipinski definition) is 2. The predicted molar refractivity (Wildman–Crippen MR) is 89.8 cm³/mol. The number of benzene rings is 1. The first kappa shape index (κ1) is 15.5. The van der Waals surface area contributed by atoms with Gasteiger partial charge in [-0.2, -0.15) is 0 Å². The molecule has 3 rings (SSSR count). The first-order valence-electron chi connectivity index (χ1n) is 7.60. The second kappa shape index (κ2) is 7.21. The zero-order valence-electron chi connectivity index (χ0n) is 13.0. The quantitative estimate of drug-likeness (QED) is 0.905. The average Bonchev–Trinajstić information content (AvgIpc) is 2.57. The van der Waals surface area contributed by atoms with Crippen LogP contribution in [0, 0.1) is 0 Å². The van der Waals surface area contributed by atoms with Crippen LogP contribution in [0.1, 0.15) is 0 Å². The fourth-order valence-corrected chi connectivity index (χ4v) is 2.37. The highest BCUT2D eigenvalue weighted by atomic mass is 16.5. The molecule has 1 fully saturated rings. The molecule has 120 valence electrons. The van der Waals surface area contributed by atoms with Crippen LogP contribution in [0.2, 0.25) is 0 Å². The Kier molecular flexibility index (Phi) is 4.85. The molecule has 1 amide bonds. The molecular formula is C17H20N4O2. The molecule has 2 N–H and O–H groups in total. The molecule has 0 spiro atoms. The summed E-state index contributed by atoms with van der Waals surface area (Å²) in [5.74, 6) is 0.588. The summed E-state index contributed by atoms with van der Waals surface area (Å²) < 4.78 is 5.50. The van der Waals surface area contributed by atoms with Gasteiger partial charge in [0, 0.05) is 18.8 Å². The van der Waals surface area contributed by atoms with Gasteiger partial charge in [-0.05, 0) is 31.3 Å². The van der Waals surface area contributed by atoms with Crippen molar-refractivity contribution in [1.29, 1.82) is 0 Å². The van der Waals surface area contributed by atoms with E-state index in [0.29, 0.717) is 18.8 Å². The largest absolute Gasteiger partial charge is 0.366 e. The summed E-state index contributed by atoms with van der Waals surface area (Å²) in [7, 11) is 1.98. The van der Waals surface area contributed by atoms with E-state index < -0.39 is 6.10 Å². The van der Waals surface area contributed by atoms with E-state index in [1.54, 1.807) is 6.20 Å². The summed E-state index contributed by atoms with van der Waals surface area (Å²) in [4.78, 5) is 18.6. The molecule has 1 aromatic heterocycles. The van der Waals surface area contributed by atoms with Gasteiger partial charge in [0.1, 0.15) is 11.9 Å². The second-order valence-corrected chi connectivity index (χ2v) is 5.53. The number of amides is 1. The standard InChI is InChI=1S/C17H20N4O2/c1-21-9-10-23-15(12-21)17(22)20-14-7-8-16(18-11-14)19-13-5-3-2-4-6-13/h2-8,11,15H,9-10,12H2,1H3,(H,18,19)(H,20,22)/t15-/m1/s1. The van der Waals surface area contributed by atoms with E-state index in [2.05, 4.69) is 20.5 Å². The van der Waals surface area contributed by atoms with Crippen LogP contribution in [0.3, 0.4) is 0 Å². The Balaban J connectivity index is 1.58. The SMILES string of the molecule is CN1CCO[C@@H](C(=O)Nc2ccc(Nc3ccccc3)nc2)C1. The third-order valence-electron chi connectivity index (χ3n) is 3.64. The van der Waals surface area contributed by atoms with Crippen molar-refractivity contribution in [2.24, 2.45) is 0 Å². The average molecular weight is 312 g/mol. The van der Waals surface area contributed by atoms with Crippen LogP contribution < -0.4 is 10.6 Å². The number of pyridine rings is 1. The molecule has 23 heavy (non-hydrogen) atoms. The summed E-state index contributed by atoms with van der Waals surface area (Å²) in [6, 6.07) is 13.5. The Labute approximate surface area is 135 Å². The second-order valence-electron chi connectivity index (χ2n) is 5.53. The molecular weight excluding hydrogens is 292 g/mol. The summed E-state index contributed by atoms with van der Waals surface area (Å²) in [5, 5.41) is 6.04. The van der Waals surface area contributed by atoms with Gasteiger partial charge >= 0.3 is 0 Å². The number of nitrogens with one attached hydrogen (secondary N) is 2. The number of ether oxygens (including phenoxy) is 1. The van der Waals surface area contributed by atoms with Gasteiger partial charge in [-0.15, -0.1) is 0 Å². The molecule has 2 aromatic rings. The number of rotatable bonds is 4. The van der Waals surface area contributed by atoms with Gasteiger partial charge in [0.15, 0.2) is 0 Å². The molecule has 0 unspecified atom stereocenters. The van der Waals surface area contributed by atoms with Gasteiger partial charge in [0.25, 0.3) is 5.91 Å². The Morgan fingerprint density at radius 2 is 2.04 bits per heavy atom. The lowest BCUT2D eigenvalue weighted by Crippen LogP contribution is -2.46. The van der Waals surface area contributed by atoms with E-state index in [1.807, 2.05) is 49.5 Å². The molecule has 0 saturated carbocycles. The van der Waals surface area contributed by atoms with Crippen LogP contribution in [0.4, 0.5) is 17.2 Å². The van der Waals surface area contributed by atoms with Crippen LogP contribution in [-0.4, -0.2) is 48.6 Å². The van der Waals surface area contributed by atoms with Crippen molar-refractivity contribution in [3.63, 3.8) is 0 Å². The number of carbonyl (C=O) groups is 1. The van der Waals surface area contributed by atoms with Gasteiger partial charge in [0.2, 0.25) is 0 Å². The molecule has 1 aromatic carbocycles. The molecule has 1 atom stereocenters. The van der Waals surface area contributed by atoms with E-state index in [1.165, 1.54) is 0 Å². The minimum Gasteiger partial charge on any atom is -0.366 e. The van der Waals surface area contributed by atoms with Gasteiger partial charge in [-0.1, -0.05) is 18.2 Å². The minimum absolute atomic E-state index is 0.137. The highest BCUT2D eigenvalue weighted by molar-refractivity contribution is 5.94. The maximum atomic E-state index is 12.2. The minimum atomic E-state index is -0.434. The topological polar surface area (TPSA) is 66.5 Å². The van der Waals surface area contributed by atoms with Crippen LogP contribution in [-0.2, 0) is 9.53 Å². The van der Waals surface area contributed by atoms with Crippen molar-refractivity contribution >= 4 is 23.1 Å². The van der Waals surface area contributed by atoms with Crippen LogP contribution in [0.25, 0.3) is 0 Å². The zero-order valence-corrected chi connectivity index (χ0v) is 13.0. The van der Waals surface area contributed by atoms with Gasteiger partial charge in [-0.3, -0.25) is 4.79 Å². The molecule has 6 nitrogen and oxygen atoms in total. The fourth-order valence-electron chi connectivity index (χ4n) is 2.37. The number of likely N-dealkylation sites (N-methyl/N-ethyl adjacent to an activating group) is 1. The number of aromatic nitrogens is 1. The molecule has 1 aliphatic heterocycles. The molecule has 2 heterocycles. The van der Waals surface area contributed by atoms with E-state index in [0.717, 1.165) is 18.1 Å². The zero-order chi connectivity index (χ0) is 16.1. The molecule has 0 radical (unpaired) electrons. The van der Waals surface area contributed by atoms with Crippen molar-refractivity contribution in [1.82, 2.24) is 9.88 Å². The highest BCUT2D eigenvalue weighted by Crippen LogP contribution is 2.16. The number of morpholine rings is 1. The third kappa shape index (κ3) is 4.28. The van der Waals surface area contributed by atoms with Crippen LogP contribution in [0.5, 0.6) is 0 Å². The summed E-state index contributed by atoms with van der Waals surface area (Å²) in [5.41, 5.74) is 1.63. The fraction of sp³-hybridized carbons (Fsp3) is 0.294. The Morgan fingerprint density at radius 3 is 2.74 bits per heavy atom. The van der Waals surface area contributed by atoms with Gasteiger partial charge in [0.05, 0.1) is 18.5 Å². The number of nitrogens with zero attached hydrogens (tertiary/aromatic N) is 2. The maximum absolute atomic E-state index is 12.2. The normalized spacial score (nSPS) is 18.4. The Hall–Kier alpha value is -2.44. The van der Waals surface area contributed by atoms with Gasteiger partial charge in [-0.25, -0.2) is 4.98 Å². The lowest BCUT2D eigenvalue weighted by molar-refractivity contribution is -0.132. The lowest BCUT2D eigenvalue weighted by Gasteiger charge is -2.29. The summed E-state index contributed by atoms with van der Waals surface area (Å²) in [6.45, 7) is 2.03. The number of anilines is 3. The van der Waals surface area contributed by atoms with E-state index >= 15 is 0 Å². The van der Waals surface area contributed by atoms with Crippen molar-refractivity contribution < 1.29 is 9.53 Å². The summed E-state index contributed by atoms with van der Waals surface area (Å²) >= 11 is 0. The first-order chi connectivity index (χ1) is 11.2. The lowest BCUT2D eigenvalue weighted by atomic mass is 10.2. The number of hydrogen-bond acceptors (Lipinski definition) is 5. The summed E-state index contributed by atoms with van der Waals surface area (Å²) in [6.07, 6.45) is 1.20. The molecule has 6 heteroatoms. The van der Waals surface area contributed by atoms with E-state index in [4.69, 9.17) is 4.74 Å². The maximum Gasteiger partial charge on any atom is 0.254 e. The van der Waals surface area contributed by atoms with Crippen molar-refractivity contribution in [3.05, 3.63) is 48.7 Å². The van der Waals surface area contributed by atoms with Crippen molar-refractivity contribution in [2.45, 2.75) is 6.10 Å². The van der Waals surface area contributed by atoms with E-state index in [-0.39, 0.29) is 5.91 Å². The first-order valence-corrected chi connectivity index (χ1v) is 7.60. The monoisotopic (exact) mass is 312 g/mol. The number of carbonyl (C=O) groups excluding carboxylic acids is 1. The third-order valence-corrected chi connectivity index (χ3v) is 3.64. The molecule has 1 saturated heterocycles.